The number of carboxylic acids is 2. The van der Waals surface area contributed by atoms with Crippen LogP contribution in [0.15, 0.2) is 54.3 Å². The first-order valence-electron chi connectivity index (χ1n) is 15.5. The normalized spacial score (nSPS) is 28.1. The summed E-state index contributed by atoms with van der Waals surface area (Å²) in [5.74, 6) is -6.31. The van der Waals surface area contributed by atoms with Gasteiger partial charge in [-0.2, -0.15) is 0 Å². The molecule has 2 unspecified atom stereocenters. The minimum absolute atomic E-state index is 0.00105. The molecule has 6 rings (SSSR count). The van der Waals surface area contributed by atoms with Crippen molar-refractivity contribution in [1.29, 1.82) is 0 Å². The minimum atomic E-state index is -2.47. The van der Waals surface area contributed by atoms with E-state index in [-0.39, 0.29) is 35.3 Å². The van der Waals surface area contributed by atoms with E-state index in [1.54, 1.807) is 12.1 Å². The van der Waals surface area contributed by atoms with Crippen molar-refractivity contribution in [2.45, 2.75) is 79.6 Å². The van der Waals surface area contributed by atoms with Crippen molar-refractivity contribution < 1.29 is 73.9 Å². The van der Waals surface area contributed by atoms with Gasteiger partial charge in [0.2, 0.25) is 6.10 Å². The zero-order valence-electron chi connectivity index (χ0n) is 26.0. The molecule has 1 saturated heterocycles. The fourth-order valence-electron chi connectivity index (χ4n) is 7.57. The largest absolute Gasteiger partial charge is 0.504 e. The first-order valence-corrected chi connectivity index (χ1v) is 15.5. The summed E-state index contributed by atoms with van der Waals surface area (Å²) in [5.41, 5.74) is -0.981. The molecule has 2 aromatic rings. The Morgan fingerprint density at radius 1 is 1.04 bits per heavy atom. The van der Waals surface area contributed by atoms with E-state index in [0.29, 0.717) is 24.9 Å². The molecule has 0 radical (unpaired) electrons. The van der Waals surface area contributed by atoms with Crippen LogP contribution in [0.4, 0.5) is 0 Å². The number of benzene rings is 2. The number of hydrogen-bond donors (Lipinski definition) is 7. The Hall–Kier alpha value is -4.58. The Balaban J connectivity index is 1.20. The fraction of sp³-hybridized carbons (Fsp3) is 0.455. The van der Waals surface area contributed by atoms with Crippen molar-refractivity contribution in [3.8, 4) is 11.5 Å². The lowest BCUT2D eigenvalue weighted by molar-refractivity contribution is -0.225. The van der Waals surface area contributed by atoms with Gasteiger partial charge in [-0.1, -0.05) is 36.4 Å². The van der Waals surface area contributed by atoms with Crippen LogP contribution in [0.5, 0.6) is 11.5 Å². The first-order chi connectivity index (χ1) is 23.2. The number of carbonyl (C=O) groups is 4. The van der Waals surface area contributed by atoms with Crippen LogP contribution in [-0.2, 0) is 45.2 Å². The summed E-state index contributed by atoms with van der Waals surface area (Å²) in [6, 6.07) is 10.1. The maximum absolute atomic E-state index is 13.2. The van der Waals surface area contributed by atoms with Crippen LogP contribution < -0.4 is 4.74 Å². The molecule has 16 heteroatoms. The Morgan fingerprint density at radius 2 is 1.76 bits per heavy atom. The van der Waals surface area contributed by atoms with Crippen LogP contribution >= 0.6 is 0 Å². The Labute approximate surface area is 278 Å². The number of hydrogen-bond acceptors (Lipinski definition) is 14. The second-order valence-electron chi connectivity index (χ2n) is 12.6. The summed E-state index contributed by atoms with van der Waals surface area (Å²) in [5, 5.41) is 73.4. The molecule has 0 aromatic heterocycles. The average Bonchev–Trinajstić information content (AvgIpc) is 3.43. The number of carbonyl (C=O) groups excluding carboxylic acids is 2. The van der Waals surface area contributed by atoms with Gasteiger partial charge in [0.1, 0.15) is 11.9 Å². The van der Waals surface area contributed by atoms with Crippen LogP contribution in [0, 0.1) is 0 Å². The Bertz CT molecular complexity index is 1700. The van der Waals surface area contributed by atoms with Gasteiger partial charge in [-0.15, -0.1) is 0 Å². The number of phenols is 1. The number of likely N-dealkylation sites (N-methyl/N-ethyl adjacent to an activating group) is 1. The lowest BCUT2D eigenvalue weighted by Crippen LogP contribution is -2.74. The number of phenolic OH excluding ortho intramolecular Hbond substituents is 1. The number of likely N-dealkylation sites (tertiary alicyclic amines) is 1. The summed E-state index contributed by atoms with van der Waals surface area (Å²) in [4.78, 5) is 50.8. The molecular weight excluding hydrogens is 650 g/mol. The van der Waals surface area contributed by atoms with Crippen molar-refractivity contribution in [3.05, 3.63) is 71.0 Å². The summed E-state index contributed by atoms with van der Waals surface area (Å²) in [7, 11) is 1.90. The van der Waals surface area contributed by atoms with Crippen molar-refractivity contribution in [2.24, 2.45) is 0 Å². The maximum Gasteiger partial charge on any atom is 0.345 e. The summed E-state index contributed by atoms with van der Waals surface area (Å²) in [6.45, 7) is 0.558. The number of aliphatic hydroxyl groups is 4. The lowest BCUT2D eigenvalue weighted by Gasteiger charge is -2.61. The summed E-state index contributed by atoms with van der Waals surface area (Å²) >= 11 is 0. The zero-order chi connectivity index (χ0) is 35.4. The van der Waals surface area contributed by atoms with Gasteiger partial charge in [-0.05, 0) is 49.7 Å². The van der Waals surface area contributed by atoms with E-state index in [0.717, 1.165) is 5.56 Å². The molecule has 2 heterocycles. The molecule has 2 aliphatic carbocycles. The van der Waals surface area contributed by atoms with Crippen LogP contribution in [0.2, 0.25) is 0 Å². The molecule has 1 fully saturated rings. The standard InChI is InChI=1S/C33H35NO15/c1-34-12-11-32-22-16-7-8-17(35)26(22)48-27(32)18(9-10-33(32,45)20(34)13-16)46-29(42)23(38)24(39)30(43)49-25(15-5-3-2-4-6-15)31(44)47-19(28(40)41)14-21(36)37/h2-9,19-20,23-25,27,30,35,38-39,43,45H,10-14H2,1H3,(H,36,37)(H,40,41)/t19-,20-,23-,24-,25+,27+,30?,32?,33-/m1/s1. The molecule has 1 spiro atoms. The number of nitrogens with zero attached hydrogens (tertiary/aromatic N) is 1. The molecule has 2 bridgehead atoms. The van der Waals surface area contributed by atoms with Crippen LogP contribution in [0.1, 0.15) is 42.1 Å². The Kier molecular flexibility index (Phi) is 8.89. The highest BCUT2D eigenvalue weighted by Gasteiger charge is 2.72. The number of aliphatic carboxylic acids is 2. The minimum Gasteiger partial charge on any atom is -0.504 e. The molecule has 0 saturated carbocycles. The predicted molar refractivity (Wildman–Crippen MR) is 161 cm³/mol. The quantitative estimate of drug-likeness (QED) is 0.110. The van der Waals surface area contributed by atoms with Crippen LogP contribution in [-0.4, -0.2) is 120 Å². The summed E-state index contributed by atoms with van der Waals surface area (Å²) in [6.07, 6.45) is -11.2. The first kappa shape index (κ1) is 34.3. The highest BCUT2D eigenvalue weighted by molar-refractivity contribution is 5.84. The molecule has 49 heavy (non-hydrogen) atoms. The average molecular weight is 686 g/mol. The molecule has 0 amide bonds. The van der Waals surface area contributed by atoms with E-state index < -0.39 is 78.1 Å². The number of aromatic hydroxyl groups is 1. The molecule has 7 N–H and O–H groups in total. The molecule has 2 aromatic carbocycles. The fourth-order valence-corrected chi connectivity index (χ4v) is 7.57. The number of rotatable bonds is 12. The van der Waals surface area contributed by atoms with Gasteiger partial charge >= 0.3 is 23.9 Å². The van der Waals surface area contributed by atoms with E-state index in [4.69, 9.17) is 24.1 Å². The molecule has 9 atom stereocenters. The van der Waals surface area contributed by atoms with Gasteiger partial charge in [0.05, 0.1) is 17.4 Å². The topological polar surface area (TPSA) is 250 Å². The van der Waals surface area contributed by atoms with Crippen LogP contribution in [0.25, 0.3) is 0 Å². The van der Waals surface area contributed by atoms with Gasteiger partial charge in [-0.25, -0.2) is 14.4 Å². The van der Waals surface area contributed by atoms with Crippen molar-refractivity contribution in [2.75, 3.05) is 13.6 Å². The van der Waals surface area contributed by atoms with Crippen molar-refractivity contribution >= 4 is 23.9 Å². The van der Waals surface area contributed by atoms with Crippen molar-refractivity contribution in [3.63, 3.8) is 0 Å². The maximum atomic E-state index is 13.2. The van der Waals surface area contributed by atoms with E-state index >= 15 is 0 Å². The monoisotopic (exact) mass is 685 g/mol. The number of aliphatic hydroxyl groups excluding tert-OH is 3. The molecule has 4 aliphatic rings. The number of esters is 2. The zero-order valence-corrected chi connectivity index (χ0v) is 26.0. The van der Waals surface area contributed by atoms with Crippen molar-refractivity contribution in [1.82, 2.24) is 4.90 Å². The van der Waals surface area contributed by atoms with E-state index in [9.17, 15) is 49.8 Å². The SMILES string of the molecule is CN1CCC23c4c5ccc(O)c4O[C@H]2C(OC(=O)[C@H](O)[C@@H](O)C(O)O[C@H](C(=O)O[C@H](CC(=O)O)C(=O)O)c2ccccc2)=CC[C@@]3(O)[C@H]1C5. The second-order valence-corrected chi connectivity index (χ2v) is 12.6. The highest BCUT2D eigenvalue weighted by Crippen LogP contribution is 2.65. The third-order valence-electron chi connectivity index (χ3n) is 9.91. The third-order valence-corrected chi connectivity index (χ3v) is 9.91. The third kappa shape index (κ3) is 5.59. The molecule has 262 valence electrons. The van der Waals surface area contributed by atoms with Gasteiger partial charge < -0.3 is 59.6 Å². The second kappa shape index (κ2) is 12.7. The highest BCUT2D eigenvalue weighted by atomic mass is 16.7. The van der Waals surface area contributed by atoms with Gasteiger partial charge in [0, 0.05) is 18.0 Å². The Morgan fingerprint density at radius 3 is 2.43 bits per heavy atom. The number of carboxylic acid groups (broad SMARTS) is 2. The van der Waals surface area contributed by atoms with Gasteiger partial charge in [0.15, 0.2) is 36.1 Å². The molecular formula is C33H35NO15. The predicted octanol–water partition coefficient (Wildman–Crippen LogP) is -0.518. The number of ether oxygens (including phenoxy) is 4. The van der Waals surface area contributed by atoms with E-state index in [1.165, 1.54) is 36.4 Å². The van der Waals surface area contributed by atoms with E-state index in [2.05, 4.69) is 4.90 Å². The molecule has 2 aliphatic heterocycles. The smallest absolute Gasteiger partial charge is 0.345 e. The molecule has 16 nitrogen and oxygen atoms in total. The van der Waals surface area contributed by atoms with Gasteiger partial charge in [0.25, 0.3) is 0 Å². The van der Waals surface area contributed by atoms with Crippen LogP contribution in [0.3, 0.4) is 0 Å². The summed E-state index contributed by atoms with van der Waals surface area (Å²) < 4.78 is 21.8. The lowest BCUT2D eigenvalue weighted by atomic mass is 9.50. The van der Waals surface area contributed by atoms with E-state index in [1.807, 2.05) is 7.05 Å². The van der Waals surface area contributed by atoms with Gasteiger partial charge in [-0.3, -0.25) is 4.79 Å². The number of piperidine rings is 1.